The van der Waals surface area contributed by atoms with Gasteiger partial charge in [0.1, 0.15) is 0 Å². The lowest BCUT2D eigenvalue weighted by Gasteiger charge is -2.41. The van der Waals surface area contributed by atoms with Gasteiger partial charge in [0, 0.05) is 18.8 Å². The molecule has 0 radical (unpaired) electrons. The first-order valence-corrected chi connectivity index (χ1v) is 7.42. The van der Waals surface area contributed by atoms with Gasteiger partial charge in [-0.1, -0.05) is 24.6 Å². The van der Waals surface area contributed by atoms with E-state index in [4.69, 9.17) is 5.11 Å². The Kier molecular flexibility index (Phi) is 3.57. The number of carboxylic acids is 1. The van der Waals surface area contributed by atoms with E-state index in [1.165, 1.54) is 0 Å². The van der Waals surface area contributed by atoms with Crippen molar-refractivity contribution in [3.8, 4) is 0 Å². The summed E-state index contributed by atoms with van der Waals surface area (Å²) in [4.78, 5) is 23.3. The van der Waals surface area contributed by atoms with E-state index in [9.17, 15) is 9.59 Å². The highest BCUT2D eigenvalue weighted by Gasteiger charge is 2.40. The standard InChI is InChI=1S/C16H20N2O3/c19-14(20)8-16(6-3-7-16)10-18-15(21)12-9-17-13-5-2-1-4-11(12)13/h1-2,4-5,12,17H,3,6-10H2,(H,18,21)(H,19,20). The van der Waals surface area contributed by atoms with Gasteiger partial charge in [-0.15, -0.1) is 0 Å². The first kappa shape index (κ1) is 13.9. The van der Waals surface area contributed by atoms with E-state index < -0.39 is 5.97 Å². The van der Waals surface area contributed by atoms with Crippen molar-refractivity contribution in [3.05, 3.63) is 29.8 Å². The summed E-state index contributed by atoms with van der Waals surface area (Å²) >= 11 is 0. The van der Waals surface area contributed by atoms with E-state index in [-0.39, 0.29) is 23.7 Å². The summed E-state index contributed by atoms with van der Waals surface area (Å²) < 4.78 is 0. The lowest BCUT2D eigenvalue weighted by Crippen LogP contribution is -2.45. The average Bonchev–Trinajstić information content (AvgIpc) is 2.85. The topological polar surface area (TPSA) is 78.4 Å². The highest BCUT2D eigenvalue weighted by atomic mass is 16.4. The predicted molar refractivity (Wildman–Crippen MR) is 79.2 cm³/mol. The number of para-hydroxylation sites is 1. The van der Waals surface area contributed by atoms with Crippen molar-refractivity contribution in [2.45, 2.75) is 31.6 Å². The molecule has 21 heavy (non-hydrogen) atoms. The van der Waals surface area contributed by atoms with Crippen LogP contribution >= 0.6 is 0 Å². The number of amides is 1. The first-order chi connectivity index (χ1) is 10.1. The molecule has 1 aromatic carbocycles. The molecule has 2 aliphatic rings. The lowest BCUT2D eigenvalue weighted by atomic mass is 9.66. The van der Waals surface area contributed by atoms with Crippen molar-refractivity contribution < 1.29 is 14.7 Å². The second-order valence-corrected chi connectivity index (χ2v) is 6.16. The average molecular weight is 288 g/mol. The molecule has 0 bridgehead atoms. The monoisotopic (exact) mass is 288 g/mol. The van der Waals surface area contributed by atoms with E-state index >= 15 is 0 Å². The number of hydrogen-bond donors (Lipinski definition) is 3. The van der Waals surface area contributed by atoms with E-state index in [2.05, 4.69) is 10.6 Å². The minimum Gasteiger partial charge on any atom is -0.481 e. The van der Waals surface area contributed by atoms with E-state index in [0.717, 1.165) is 30.5 Å². The highest BCUT2D eigenvalue weighted by molar-refractivity contribution is 5.88. The van der Waals surface area contributed by atoms with Crippen LogP contribution in [-0.2, 0) is 9.59 Å². The number of rotatable bonds is 5. The number of fused-ring (bicyclic) bond motifs is 1. The number of hydrogen-bond acceptors (Lipinski definition) is 3. The van der Waals surface area contributed by atoms with E-state index in [0.29, 0.717) is 13.1 Å². The van der Waals surface area contributed by atoms with Crippen LogP contribution in [0.25, 0.3) is 0 Å². The van der Waals surface area contributed by atoms with Crippen molar-refractivity contribution in [2.75, 3.05) is 18.4 Å². The fraction of sp³-hybridized carbons (Fsp3) is 0.500. The van der Waals surface area contributed by atoms with Gasteiger partial charge < -0.3 is 15.7 Å². The fourth-order valence-corrected chi connectivity index (χ4v) is 3.33. The van der Waals surface area contributed by atoms with Crippen LogP contribution in [0.4, 0.5) is 5.69 Å². The van der Waals surface area contributed by atoms with E-state index in [1.807, 2.05) is 24.3 Å². The Labute approximate surface area is 123 Å². The SMILES string of the molecule is O=C(O)CC1(CNC(=O)C2CNc3ccccc32)CCC1. The maximum Gasteiger partial charge on any atom is 0.303 e. The zero-order chi connectivity index (χ0) is 14.9. The Balaban J connectivity index is 1.61. The quantitative estimate of drug-likeness (QED) is 0.774. The molecule has 0 saturated heterocycles. The molecule has 1 amide bonds. The summed E-state index contributed by atoms with van der Waals surface area (Å²) in [5.74, 6) is -0.968. The molecule has 1 aliphatic heterocycles. The Morgan fingerprint density at radius 2 is 2.10 bits per heavy atom. The summed E-state index contributed by atoms with van der Waals surface area (Å²) in [7, 11) is 0. The first-order valence-electron chi connectivity index (χ1n) is 7.42. The number of carboxylic acid groups (broad SMARTS) is 1. The van der Waals surface area contributed by atoms with Gasteiger partial charge in [0.15, 0.2) is 0 Å². The summed E-state index contributed by atoms with van der Waals surface area (Å²) in [5.41, 5.74) is 1.81. The van der Waals surface area contributed by atoms with Gasteiger partial charge in [0.05, 0.1) is 12.3 Å². The summed E-state index contributed by atoms with van der Waals surface area (Å²) in [6.07, 6.45) is 2.97. The smallest absolute Gasteiger partial charge is 0.303 e. The van der Waals surface area contributed by atoms with E-state index in [1.54, 1.807) is 0 Å². The van der Waals surface area contributed by atoms with Crippen molar-refractivity contribution in [1.29, 1.82) is 0 Å². The molecule has 3 N–H and O–H groups in total. The van der Waals surface area contributed by atoms with Crippen molar-refractivity contribution in [2.24, 2.45) is 5.41 Å². The largest absolute Gasteiger partial charge is 0.481 e. The predicted octanol–water partition coefficient (Wildman–Crippen LogP) is 1.96. The molecular weight excluding hydrogens is 268 g/mol. The minimum absolute atomic E-state index is 0.0101. The molecule has 1 aliphatic carbocycles. The number of aliphatic carboxylic acids is 1. The van der Waals surface area contributed by atoms with Crippen molar-refractivity contribution >= 4 is 17.6 Å². The van der Waals surface area contributed by atoms with Crippen LogP contribution in [0.3, 0.4) is 0 Å². The van der Waals surface area contributed by atoms with Crippen LogP contribution in [0.1, 0.15) is 37.2 Å². The normalized spacial score (nSPS) is 21.8. The molecule has 1 saturated carbocycles. The fourth-order valence-electron chi connectivity index (χ4n) is 3.33. The molecule has 0 spiro atoms. The lowest BCUT2D eigenvalue weighted by molar-refractivity contribution is -0.142. The van der Waals surface area contributed by atoms with Gasteiger partial charge in [0.2, 0.25) is 5.91 Å². The maximum absolute atomic E-state index is 12.4. The Hall–Kier alpha value is -2.04. The van der Waals surface area contributed by atoms with Gasteiger partial charge in [-0.3, -0.25) is 9.59 Å². The third-order valence-corrected chi connectivity index (χ3v) is 4.73. The second kappa shape index (κ2) is 5.39. The number of nitrogens with one attached hydrogen (secondary N) is 2. The third-order valence-electron chi connectivity index (χ3n) is 4.73. The molecule has 112 valence electrons. The molecule has 0 aromatic heterocycles. The molecular formula is C16H20N2O3. The van der Waals surface area contributed by atoms with Gasteiger partial charge in [0.25, 0.3) is 0 Å². The zero-order valence-corrected chi connectivity index (χ0v) is 11.9. The Morgan fingerprint density at radius 1 is 1.33 bits per heavy atom. The maximum atomic E-state index is 12.4. The van der Waals surface area contributed by atoms with Crippen LogP contribution < -0.4 is 10.6 Å². The molecule has 3 rings (SSSR count). The summed E-state index contributed by atoms with van der Waals surface area (Å²) in [5, 5.41) is 15.2. The highest BCUT2D eigenvalue weighted by Crippen LogP contribution is 2.43. The number of carbonyl (C=O) groups is 2. The van der Waals surface area contributed by atoms with Crippen LogP contribution in [0.2, 0.25) is 0 Å². The molecule has 1 atom stereocenters. The summed E-state index contributed by atoms with van der Waals surface area (Å²) in [6.45, 7) is 1.08. The molecule has 5 nitrogen and oxygen atoms in total. The van der Waals surface area contributed by atoms with Crippen LogP contribution in [0, 0.1) is 5.41 Å². The molecule has 5 heteroatoms. The number of anilines is 1. The Morgan fingerprint density at radius 3 is 2.76 bits per heavy atom. The van der Waals surface area contributed by atoms with Gasteiger partial charge in [-0.05, 0) is 29.9 Å². The van der Waals surface area contributed by atoms with Crippen LogP contribution in [0.15, 0.2) is 24.3 Å². The van der Waals surface area contributed by atoms with Gasteiger partial charge in [-0.2, -0.15) is 0 Å². The Bertz CT molecular complexity index is 566. The van der Waals surface area contributed by atoms with Crippen molar-refractivity contribution in [1.82, 2.24) is 5.32 Å². The van der Waals surface area contributed by atoms with Gasteiger partial charge in [-0.25, -0.2) is 0 Å². The van der Waals surface area contributed by atoms with Crippen LogP contribution in [-0.4, -0.2) is 30.1 Å². The molecule has 1 aromatic rings. The van der Waals surface area contributed by atoms with Crippen LogP contribution in [0.5, 0.6) is 0 Å². The molecule has 1 heterocycles. The third kappa shape index (κ3) is 2.73. The minimum atomic E-state index is -0.781. The number of benzene rings is 1. The molecule has 1 fully saturated rings. The molecule has 1 unspecified atom stereocenters. The summed E-state index contributed by atoms with van der Waals surface area (Å²) in [6, 6.07) is 7.82. The number of carbonyl (C=O) groups excluding carboxylic acids is 1. The zero-order valence-electron chi connectivity index (χ0n) is 11.9. The van der Waals surface area contributed by atoms with Gasteiger partial charge >= 0.3 is 5.97 Å². The van der Waals surface area contributed by atoms with Crippen molar-refractivity contribution in [3.63, 3.8) is 0 Å². The second-order valence-electron chi connectivity index (χ2n) is 6.16.